The van der Waals surface area contributed by atoms with E-state index in [4.69, 9.17) is 9.84 Å². The summed E-state index contributed by atoms with van der Waals surface area (Å²) in [5.41, 5.74) is 0.136. The fraction of sp³-hybridized carbons (Fsp3) is 0.500. The van der Waals surface area contributed by atoms with Crippen LogP contribution in [0.5, 0.6) is 0 Å². The monoisotopic (exact) mass is 294 g/mol. The molecule has 0 amide bonds. The number of hydrogen-bond donors (Lipinski definition) is 2. The smallest absolute Gasteiger partial charge is 0.335 e. The van der Waals surface area contributed by atoms with Gasteiger partial charge in [0.1, 0.15) is 5.69 Å². The fourth-order valence-electron chi connectivity index (χ4n) is 2.37. The van der Waals surface area contributed by atoms with Crippen LogP contribution in [0.3, 0.4) is 0 Å². The maximum Gasteiger partial charge on any atom is 0.335 e. The molecule has 114 valence electrons. The molecule has 2 N–H and O–H groups in total. The number of carboxylic acid groups (broad SMARTS) is 1. The summed E-state index contributed by atoms with van der Waals surface area (Å²) in [6, 6.07) is 3.74. The molecule has 0 aliphatic carbocycles. The van der Waals surface area contributed by atoms with E-state index in [1.165, 1.54) is 18.2 Å². The van der Waals surface area contributed by atoms with Gasteiger partial charge in [0.15, 0.2) is 0 Å². The Morgan fingerprint density at radius 1 is 1.48 bits per heavy atom. The van der Waals surface area contributed by atoms with E-state index in [1.807, 2.05) is 0 Å². The molecule has 0 radical (unpaired) electrons. The molecule has 1 aromatic rings. The maximum atomic E-state index is 11.0. The summed E-state index contributed by atoms with van der Waals surface area (Å²) in [6.45, 7) is 1.27. The Bertz CT molecular complexity index is 526. The second kappa shape index (κ2) is 7.03. The predicted octanol–water partition coefficient (Wildman–Crippen LogP) is 2.66. The molecular weight excluding hydrogens is 276 g/mol. The van der Waals surface area contributed by atoms with Gasteiger partial charge in [-0.15, -0.1) is 0 Å². The van der Waals surface area contributed by atoms with Crippen molar-refractivity contribution in [3.05, 3.63) is 33.9 Å². The number of hydrogen-bond acceptors (Lipinski definition) is 5. The molecule has 1 fully saturated rings. The van der Waals surface area contributed by atoms with Crippen LogP contribution < -0.4 is 5.32 Å². The Labute approximate surface area is 122 Å². The zero-order valence-corrected chi connectivity index (χ0v) is 11.6. The number of nitro benzene ring substituents is 1. The van der Waals surface area contributed by atoms with Gasteiger partial charge in [-0.25, -0.2) is 4.79 Å². The van der Waals surface area contributed by atoms with Gasteiger partial charge in [-0.2, -0.15) is 0 Å². The van der Waals surface area contributed by atoms with Gasteiger partial charge in [0, 0.05) is 19.2 Å². The average Bonchev–Trinajstić information content (AvgIpc) is 2.48. The third-order valence-corrected chi connectivity index (χ3v) is 3.50. The van der Waals surface area contributed by atoms with Crippen molar-refractivity contribution < 1.29 is 19.6 Å². The lowest BCUT2D eigenvalue weighted by Crippen LogP contribution is -2.22. The number of nitrogens with one attached hydrogen (secondary N) is 1. The molecule has 0 bridgehead atoms. The number of nitrogens with zero attached hydrogens (tertiary/aromatic N) is 1. The molecular formula is C14H18N2O5. The summed E-state index contributed by atoms with van der Waals surface area (Å²) in [7, 11) is 0. The van der Waals surface area contributed by atoms with Gasteiger partial charge in [0.05, 0.1) is 16.6 Å². The van der Waals surface area contributed by atoms with Crippen LogP contribution in [0, 0.1) is 10.1 Å². The van der Waals surface area contributed by atoms with Crippen LogP contribution in [0.1, 0.15) is 36.0 Å². The third-order valence-electron chi connectivity index (χ3n) is 3.50. The standard InChI is InChI=1S/C14H18N2O5/c17-14(18)10-4-5-13(16(19)20)12(9-10)15-7-6-11-3-1-2-8-21-11/h4-5,9,11,15H,1-3,6-8H2,(H,17,18). The number of nitro groups is 1. The summed E-state index contributed by atoms with van der Waals surface area (Å²) in [6.07, 6.45) is 4.14. The van der Waals surface area contributed by atoms with E-state index in [2.05, 4.69) is 5.32 Å². The van der Waals surface area contributed by atoms with Crippen molar-refractivity contribution >= 4 is 17.3 Å². The SMILES string of the molecule is O=C(O)c1ccc([N+](=O)[O-])c(NCCC2CCCCO2)c1. The molecule has 21 heavy (non-hydrogen) atoms. The van der Waals surface area contributed by atoms with Crippen LogP contribution in [0.4, 0.5) is 11.4 Å². The molecule has 1 aromatic carbocycles. The maximum absolute atomic E-state index is 11.0. The van der Waals surface area contributed by atoms with Gasteiger partial charge in [0.25, 0.3) is 5.69 Å². The molecule has 7 nitrogen and oxygen atoms in total. The van der Waals surface area contributed by atoms with Crippen molar-refractivity contribution in [3.8, 4) is 0 Å². The quantitative estimate of drug-likeness (QED) is 0.617. The first-order valence-corrected chi connectivity index (χ1v) is 6.95. The van der Waals surface area contributed by atoms with Crippen molar-refractivity contribution in [2.45, 2.75) is 31.8 Å². The summed E-state index contributed by atoms with van der Waals surface area (Å²) < 4.78 is 5.59. The first-order valence-electron chi connectivity index (χ1n) is 6.95. The van der Waals surface area contributed by atoms with Crippen LogP contribution in [0.15, 0.2) is 18.2 Å². The zero-order chi connectivity index (χ0) is 15.2. The number of anilines is 1. The van der Waals surface area contributed by atoms with Gasteiger partial charge in [0.2, 0.25) is 0 Å². The molecule has 7 heteroatoms. The molecule has 0 saturated carbocycles. The summed E-state index contributed by atoms with van der Waals surface area (Å²) >= 11 is 0. The molecule has 1 saturated heterocycles. The van der Waals surface area contributed by atoms with E-state index in [0.717, 1.165) is 32.3 Å². The number of aromatic carboxylic acids is 1. The Morgan fingerprint density at radius 3 is 2.90 bits per heavy atom. The first kappa shape index (κ1) is 15.2. The normalized spacial score (nSPS) is 18.2. The number of rotatable bonds is 6. The Balaban J connectivity index is 2.00. The topological polar surface area (TPSA) is 102 Å². The molecule has 2 rings (SSSR count). The van der Waals surface area contributed by atoms with Crippen LogP contribution in [-0.2, 0) is 4.74 Å². The van der Waals surface area contributed by atoms with E-state index in [-0.39, 0.29) is 23.0 Å². The number of ether oxygens (including phenoxy) is 1. The minimum absolute atomic E-state index is 0.0250. The van der Waals surface area contributed by atoms with Crippen LogP contribution in [0.25, 0.3) is 0 Å². The van der Waals surface area contributed by atoms with E-state index in [0.29, 0.717) is 6.54 Å². The fourth-order valence-corrected chi connectivity index (χ4v) is 2.37. The van der Waals surface area contributed by atoms with Crippen LogP contribution in [0.2, 0.25) is 0 Å². The van der Waals surface area contributed by atoms with Crippen molar-refractivity contribution in [3.63, 3.8) is 0 Å². The highest BCUT2D eigenvalue weighted by atomic mass is 16.6. The van der Waals surface area contributed by atoms with Crippen molar-refractivity contribution in [1.29, 1.82) is 0 Å². The average molecular weight is 294 g/mol. The predicted molar refractivity (Wildman–Crippen MR) is 76.8 cm³/mol. The second-order valence-corrected chi connectivity index (χ2v) is 5.00. The highest BCUT2D eigenvalue weighted by molar-refractivity contribution is 5.90. The molecule has 1 aliphatic rings. The van der Waals surface area contributed by atoms with Gasteiger partial charge in [-0.05, 0) is 37.8 Å². The largest absolute Gasteiger partial charge is 0.478 e. The summed E-state index contributed by atoms with van der Waals surface area (Å²) in [5.74, 6) is -1.11. The lowest BCUT2D eigenvalue weighted by atomic mass is 10.1. The molecule has 1 aliphatic heterocycles. The first-order chi connectivity index (χ1) is 10.1. The van der Waals surface area contributed by atoms with Crippen molar-refractivity contribution in [2.24, 2.45) is 0 Å². The molecule has 0 spiro atoms. The third kappa shape index (κ3) is 4.16. The highest BCUT2D eigenvalue weighted by Gasteiger charge is 2.18. The van der Waals surface area contributed by atoms with Crippen LogP contribution in [-0.4, -0.2) is 35.3 Å². The van der Waals surface area contributed by atoms with Gasteiger partial charge in [-0.3, -0.25) is 10.1 Å². The van der Waals surface area contributed by atoms with E-state index in [9.17, 15) is 14.9 Å². The Morgan fingerprint density at radius 2 is 2.29 bits per heavy atom. The number of benzene rings is 1. The van der Waals surface area contributed by atoms with Gasteiger partial charge in [-0.1, -0.05) is 0 Å². The van der Waals surface area contributed by atoms with Crippen LogP contribution >= 0.6 is 0 Å². The highest BCUT2D eigenvalue weighted by Crippen LogP contribution is 2.26. The minimum Gasteiger partial charge on any atom is -0.478 e. The minimum atomic E-state index is -1.11. The van der Waals surface area contributed by atoms with Gasteiger partial charge >= 0.3 is 5.97 Å². The Kier molecular flexibility index (Phi) is 5.10. The molecule has 1 unspecified atom stereocenters. The second-order valence-electron chi connectivity index (χ2n) is 5.00. The number of carboxylic acids is 1. The molecule has 0 aromatic heterocycles. The zero-order valence-electron chi connectivity index (χ0n) is 11.6. The van der Waals surface area contributed by atoms with Crippen molar-refractivity contribution in [2.75, 3.05) is 18.5 Å². The van der Waals surface area contributed by atoms with E-state index >= 15 is 0 Å². The molecule has 1 heterocycles. The summed E-state index contributed by atoms with van der Waals surface area (Å²) in [5, 5.41) is 22.9. The molecule has 1 atom stereocenters. The Hall–Kier alpha value is -2.15. The van der Waals surface area contributed by atoms with Crippen molar-refractivity contribution in [1.82, 2.24) is 0 Å². The summed E-state index contributed by atoms with van der Waals surface area (Å²) in [4.78, 5) is 21.4. The number of carbonyl (C=O) groups is 1. The van der Waals surface area contributed by atoms with E-state index < -0.39 is 10.9 Å². The lowest BCUT2D eigenvalue weighted by Gasteiger charge is -2.22. The van der Waals surface area contributed by atoms with Gasteiger partial charge < -0.3 is 15.2 Å². The van der Waals surface area contributed by atoms with E-state index in [1.54, 1.807) is 0 Å². The lowest BCUT2D eigenvalue weighted by molar-refractivity contribution is -0.384.